The summed E-state index contributed by atoms with van der Waals surface area (Å²) < 4.78 is 0. The summed E-state index contributed by atoms with van der Waals surface area (Å²) in [5.41, 5.74) is 0.657. The molecule has 0 saturated carbocycles. The van der Waals surface area contributed by atoms with Gasteiger partial charge in [0.2, 0.25) is 11.8 Å². The van der Waals surface area contributed by atoms with Gasteiger partial charge in [-0.05, 0) is 30.7 Å². The summed E-state index contributed by atoms with van der Waals surface area (Å²) in [7, 11) is 0. The van der Waals surface area contributed by atoms with Crippen molar-refractivity contribution in [3.05, 3.63) is 29.3 Å². The van der Waals surface area contributed by atoms with E-state index in [4.69, 9.17) is 11.6 Å². The topological polar surface area (TPSA) is 58.2 Å². The summed E-state index contributed by atoms with van der Waals surface area (Å²) in [4.78, 5) is 22.6. The van der Waals surface area contributed by atoms with Crippen molar-refractivity contribution in [1.29, 1.82) is 0 Å². The number of benzene rings is 1. The van der Waals surface area contributed by atoms with Crippen molar-refractivity contribution in [2.24, 2.45) is 0 Å². The average Bonchev–Trinajstić information content (AvgIpc) is 2.30. The first-order valence-corrected chi connectivity index (χ1v) is 5.81. The number of hydrogen-bond acceptors (Lipinski definition) is 2. The Labute approximate surface area is 105 Å². The predicted octanol–water partition coefficient (Wildman–Crippen LogP) is 2.19. The maximum atomic E-state index is 11.4. The minimum atomic E-state index is -0.253. The fourth-order valence-corrected chi connectivity index (χ4v) is 1.36. The van der Waals surface area contributed by atoms with Gasteiger partial charge >= 0.3 is 0 Å². The Morgan fingerprint density at radius 2 is 1.82 bits per heavy atom. The third-order valence-corrected chi connectivity index (χ3v) is 2.30. The van der Waals surface area contributed by atoms with Gasteiger partial charge in [-0.25, -0.2) is 0 Å². The molecule has 0 aliphatic carbocycles. The number of carbonyl (C=O) groups is 2. The molecular weight excluding hydrogens is 240 g/mol. The van der Waals surface area contributed by atoms with Crippen molar-refractivity contribution in [1.82, 2.24) is 5.32 Å². The number of carbonyl (C=O) groups excluding carboxylic acids is 2. The van der Waals surface area contributed by atoms with Gasteiger partial charge in [-0.15, -0.1) is 0 Å². The Morgan fingerprint density at radius 3 is 2.41 bits per heavy atom. The molecule has 0 saturated heterocycles. The molecule has 92 valence electrons. The third-order valence-electron chi connectivity index (χ3n) is 2.05. The summed E-state index contributed by atoms with van der Waals surface area (Å²) >= 11 is 5.72. The Balaban J connectivity index is 2.34. The first-order valence-electron chi connectivity index (χ1n) is 5.44. The molecule has 0 aromatic heterocycles. The van der Waals surface area contributed by atoms with Crippen LogP contribution >= 0.6 is 11.6 Å². The van der Waals surface area contributed by atoms with E-state index < -0.39 is 0 Å². The van der Waals surface area contributed by atoms with Gasteiger partial charge in [0.05, 0.1) is 6.54 Å². The Kier molecular flexibility index (Phi) is 5.49. The highest BCUT2D eigenvalue weighted by molar-refractivity contribution is 6.30. The first kappa shape index (κ1) is 13.5. The van der Waals surface area contributed by atoms with Gasteiger partial charge in [0.15, 0.2) is 0 Å². The lowest BCUT2D eigenvalue weighted by Crippen LogP contribution is -2.32. The first-order chi connectivity index (χ1) is 8.11. The highest BCUT2D eigenvalue weighted by Gasteiger charge is 2.04. The van der Waals surface area contributed by atoms with Gasteiger partial charge in [0.1, 0.15) is 0 Å². The van der Waals surface area contributed by atoms with E-state index in [1.165, 1.54) is 0 Å². The van der Waals surface area contributed by atoms with Crippen LogP contribution in [0.1, 0.15) is 19.8 Å². The molecule has 0 atom stereocenters. The highest BCUT2D eigenvalue weighted by atomic mass is 35.5. The van der Waals surface area contributed by atoms with E-state index in [-0.39, 0.29) is 18.4 Å². The summed E-state index contributed by atoms with van der Waals surface area (Å²) in [6.45, 7) is 1.90. The van der Waals surface area contributed by atoms with Crippen molar-refractivity contribution in [3.8, 4) is 0 Å². The summed E-state index contributed by atoms with van der Waals surface area (Å²) in [6.07, 6.45) is 1.21. The summed E-state index contributed by atoms with van der Waals surface area (Å²) in [5, 5.41) is 5.80. The SMILES string of the molecule is CCCC(=O)NCC(=O)Nc1ccc(Cl)cc1. The minimum Gasteiger partial charge on any atom is -0.347 e. The smallest absolute Gasteiger partial charge is 0.243 e. The van der Waals surface area contributed by atoms with Gasteiger partial charge in [0, 0.05) is 17.1 Å². The van der Waals surface area contributed by atoms with Crippen LogP contribution in [0.4, 0.5) is 5.69 Å². The molecule has 1 aromatic rings. The van der Waals surface area contributed by atoms with Crippen molar-refractivity contribution in [2.75, 3.05) is 11.9 Å². The zero-order valence-corrected chi connectivity index (χ0v) is 10.4. The minimum absolute atomic E-state index is 0.0124. The van der Waals surface area contributed by atoms with Crippen LogP contribution in [0.25, 0.3) is 0 Å². The van der Waals surface area contributed by atoms with Crippen LogP contribution < -0.4 is 10.6 Å². The maximum absolute atomic E-state index is 11.4. The summed E-state index contributed by atoms with van der Waals surface area (Å²) in [5.74, 6) is -0.365. The molecule has 0 radical (unpaired) electrons. The second kappa shape index (κ2) is 6.91. The summed E-state index contributed by atoms with van der Waals surface area (Å²) in [6, 6.07) is 6.78. The molecule has 0 fully saturated rings. The van der Waals surface area contributed by atoms with Gasteiger partial charge in [-0.2, -0.15) is 0 Å². The highest BCUT2D eigenvalue weighted by Crippen LogP contribution is 2.12. The van der Waals surface area contributed by atoms with Crippen LogP contribution in [0.3, 0.4) is 0 Å². The van der Waals surface area contributed by atoms with Gasteiger partial charge in [-0.1, -0.05) is 18.5 Å². The van der Waals surface area contributed by atoms with Gasteiger partial charge in [-0.3, -0.25) is 9.59 Å². The fourth-order valence-electron chi connectivity index (χ4n) is 1.23. The normalized spacial score (nSPS) is 9.76. The zero-order valence-electron chi connectivity index (χ0n) is 9.63. The van der Waals surface area contributed by atoms with E-state index >= 15 is 0 Å². The molecule has 0 heterocycles. The number of nitrogens with one attached hydrogen (secondary N) is 2. The zero-order chi connectivity index (χ0) is 12.7. The average molecular weight is 255 g/mol. The molecule has 1 rings (SSSR count). The number of rotatable bonds is 5. The van der Waals surface area contributed by atoms with Gasteiger partial charge < -0.3 is 10.6 Å². The lowest BCUT2D eigenvalue weighted by atomic mass is 10.3. The van der Waals surface area contributed by atoms with Crippen LogP contribution in [0, 0.1) is 0 Å². The van der Waals surface area contributed by atoms with Crippen LogP contribution in [0.2, 0.25) is 5.02 Å². The third kappa shape index (κ3) is 5.36. The van der Waals surface area contributed by atoms with E-state index in [9.17, 15) is 9.59 Å². The molecule has 5 heteroatoms. The van der Waals surface area contributed by atoms with Crippen LogP contribution in [-0.2, 0) is 9.59 Å². The predicted molar refractivity (Wildman–Crippen MR) is 68.0 cm³/mol. The molecule has 0 aliphatic heterocycles. The van der Waals surface area contributed by atoms with Crippen LogP contribution in [-0.4, -0.2) is 18.4 Å². The number of halogens is 1. The molecule has 4 nitrogen and oxygen atoms in total. The van der Waals surface area contributed by atoms with E-state index in [1.807, 2.05) is 6.92 Å². The molecule has 0 bridgehead atoms. The monoisotopic (exact) mass is 254 g/mol. The van der Waals surface area contributed by atoms with E-state index in [2.05, 4.69) is 10.6 Å². The Hall–Kier alpha value is -1.55. The van der Waals surface area contributed by atoms with Crippen LogP contribution in [0.5, 0.6) is 0 Å². The quantitative estimate of drug-likeness (QED) is 0.846. The fraction of sp³-hybridized carbons (Fsp3) is 0.333. The van der Waals surface area contributed by atoms with E-state index in [0.29, 0.717) is 17.1 Å². The largest absolute Gasteiger partial charge is 0.347 e. The van der Waals surface area contributed by atoms with Crippen molar-refractivity contribution in [2.45, 2.75) is 19.8 Å². The second-order valence-electron chi connectivity index (χ2n) is 3.58. The number of amides is 2. The molecule has 2 amide bonds. The molecule has 2 N–H and O–H groups in total. The number of anilines is 1. The molecular formula is C12H15ClN2O2. The second-order valence-corrected chi connectivity index (χ2v) is 4.02. The van der Waals surface area contributed by atoms with Crippen molar-refractivity contribution in [3.63, 3.8) is 0 Å². The molecule has 1 aromatic carbocycles. The van der Waals surface area contributed by atoms with Crippen LogP contribution in [0.15, 0.2) is 24.3 Å². The Morgan fingerprint density at radius 1 is 1.18 bits per heavy atom. The lowest BCUT2D eigenvalue weighted by molar-refractivity contribution is -0.124. The maximum Gasteiger partial charge on any atom is 0.243 e. The molecule has 0 aliphatic rings. The van der Waals surface area contributed by atoms with E-state index in [1.54, 1.807) is 24.3 Å². The standard InChI is InChI=1S/C12H15ClN2O2/c1-2-3-11(16)14-8-12(17)15-10-6-4-9(13)5-7-10/h4-7H,2-3,8H2,1H3,(H,14,16)(H,15,17). The Bertz CT molecular complexity index is 390. The van der Waals surface area contributed by atoms with E-state index in [0.717, 1.165) is 6.42 Å². The lowest BCUT2D eigenvalue weighted by Gasteiger charge is -2.06. The number of hydrogen-bond donors (Lipinski definition) is 2. The molecule has 17 heavy (non-hydrogen) atoms. The van der Waals surface area contributed by atoms with Crippen molar-refractivity contribution >= 4 is 29.1 Å². The molecule has 0 unspecified atom stereocenters. The van der Waals surface area contributed by atoms with Gasteiger partial charge in [0.25, 0.3) is 0 Å². The molecule has 0 spiro atoms. The van der Waals surface area contributed by atoms with Crippen molar-refractivity contribution < 1.29 is 9.59 Å².